The summed E-state index contributed by atoms with van der Waals surface area (Å²) in [7, 11) is -4.30. The maximum Gasteiger partial charge on any atom is 0.647 e. The van der Waals surface area contributed by atoms with Crippen molar-refractivity contribution in [1.29, 1.82) is 0 Å². The summed E-state index contributed by atoms with van der Waals surface area (Å²) in [5.74, 6) is 1.17. The van der Waals surface area contributed by atoms with E-state index < -0.39 is 7.82 Å². The van der Waals surface area contributed by atoms with Crippen molar-refractivity contribution in [3.63, 3.8) is 0 Å². The minimum Gasteiger partial charge on any atom is -0.386 e. The highest BCUT2D eigenvalue weighted by Gasteiger charge is 2.37. The van der Waals surface area contributed by atoms with Crippen molar-refractivity contribution >= 4 is 7.82 Å². The van der Waals surface area contributed by atoms with Crippen molar-refractivity contribution < 1.29 is 18.1 Å². The van der Waals surface area contributed by atoms with Crippen LogP contribution in [0.3, 0.4) is 0 Å². The molecular weight excluding hydrogens is 599 g/mol. The molecule has 0 bridgehead atoms. The van der Waals surface area contributed by atoms with Gasteiger partial charge in [-0.2, -0.15) is 4.57 Å². The van der Waals surface area contributed by atoms with Crippen molar-refractivity contribution in [3.05, 3.63) is 197 Å². The van der Waals surface area contributed by atoms with Gasteiger partial charge in [-0.1, -0.05) is 160 Å². The SMILES string of the molecule is CC(c1ccccc1)c1cc(C(C)c2ccccc2)c(OP(=O)(Oc2ccccc2)Oc2ccccc2)c(C(C)c2ccccc2)c1. The fourth-order valence-electron chi connectivity index (χ4n) is 5.86. The van der Waals surface area contributed by atoms with E-state index in [1.807, 2.05) is 78.9 Å². The minimum atomic E-state index is -4.30. The molecule has 3 unspecified atom stereocenters. The van der Waals surface area contributed by atoms with Crippen LogP contribution in [0.5, 0.6) is 17.2 Å². The zero-order valence-corrected chi connectivity index (χ0v) is 27.8. The molecule has 0 fully saturated rings. The van der Waals surface area contributed by atoms with Gasteiger partial charge in [0.25, 0.3) is 0 Å². The van der Waals surface area contributed by atoms with Gasteiger partial charge in [0.2, 0.25) is 0 Å². The van der Waals surface area contributed by atoms with Gasteiger partial charge in [0.15, 0.2) is 0 Å². The standard InChI is InChI=1S/C42H39O4P/c1-31(34-19-9-4-10-20-34)37-29-40(32(2)35-21-11-5-12-22-35)42(41(30-37)33(3)36-23-13-6-14-24-36)46-47(43,44-38-25-15-7-16-26-38)45-39-27-17-8-18-28-39/h4-33H,1-3H3. The molecule has 0 aliphatic heterocycles. The van der Waals surface area contributed by atoms with Gasteiger partial charge < -0.3 is 13.6 Å². The molecule has 0 heterocycles. The van der Waals surface area contributed by atoms with E-state index in [1.54, 1.807) is 24.3 Å². The van der Waals surface area contributed by atoms with Crippen LogP contribution in [0.2, 0.25) is 0 Å². The Hall–Kier alpha value is -5.05. The number of benzene rings is 6. The third-order valence-electron chi connectivity index (χ3n) is 8.62. The first-order valence-electron chi connectivity index (χ1n) is 16.0. The Balaban J connectivity index is 1.57. The normalized spacial score (nSPS) is 13.3. The van der Waals surface area contributed by atoms with Crippen molar-refractivity contribution in [2.45, 2.75) is 38.5 Å². The monoisotopic (exact) mass is 638 g/mol. The molecule has 0 saturated carbocycles. The number of phosphoric ester groups is 1. The van der Waals surface area contributed by atoms with E-state index in [-0.39, 0.29) is 17.8 Å². The van der Waals surface area contributed by atoms with E-state index >= 15 is 0 Å². The first kappa shape index (κ1) is 31.9. The van der Waals surface area contributed by atoms with E-state index in [1.165, 1.54) is 5.56 Å². The second-order valence-corrected chi connectivity index (χ2v) is 13.2. The quantitative estimate of drug-likeness (QED) is 0.125. The summed E-state index contributed by atoms with van der Waals surface area (Å²) in [5.41, 5.74) is 6.39. The van der Waals surface area contributed by atoms with Crippen molar-refractivity contribution in [3.8, 4) is 17.2 Å². The molecule has 0 aliphatic carbocycles. The van der Waals surface area contributed by atoms with Gasteiger partial charge in [-0.15, -0.1) is 0 Å². The van der Waals surface area contributed by atoms with Crippen LogP contribution in [0.25, 0.3) is 0 Å². The molecule has 6 rings (SSSR count). The lowest BCUT2D eigenvalue weighted by Gasteiger charge is -2.28. The molecule has 47 heavy (non-hydrogen) atoms. The van der Waals surface area contributed by atoms with E-state index in [0.717, 1.165) is 27.8 Å². The zero-order chi connectivity index (χ0) is 32.6. The van der Waals surface area contributed by atoms with Gasteiger partial charge in [0, 0.05) is 28.9 Å². The van der Waals surface area contributed by atoms with Crippen LogP contribution in [-0.4, -0.2) is 0 Å². The van der Waals surface area contributed by atoms with E-state index in [2.05, 4.69) is 81.4 Å². The van der Waals surface area contributed by atoms with E-state index in [9.17, 15) is 4.57 Å². The van der Waals surface area contributed by atoms with Gasteiger partial charge in [0.05, 0.1) is 0 Å². The fourth-order valence-corrected chi connectivity index (χ4v) is 7.17. The van der Waals surface area contributed by atoms with Crippen LogP contribution in [0.1, 0.15) is 71.9 Å². The molecule has 0 aliphatic rings. The molecule has 6 aromatic carbocycles. The third kappa shape index (κ3) is 7.68. The van der Waals surface area contributed by atoms with Gasteiger partial charge in [-0.3, -0.25) is 0 Å². The number of phosphoric acid groups is 1. The summed E-state index contributed by atoms with van der Waals surface area (Å²) >= 11 is 0. The number of para-hydroxylation sites is 2. The lowest BCUT2D eigenvalue weighted by atomic mass is 9.81. The Bertz CT molecular complexity index is 1800. The van der Waals surface area contributed by atoms with Gasteiger partial charge >= 0.3 is 7.82 Å². The van der Waals surface area contributed by atoms with Crippen LogP contribution < -0.4 is 13.6 Å². The van der Waals surface area contributed by atoms with Crippen LogP contribution in [0.4, 0.5) is 0 Å². The minimum absolute atomic E-state index is 0.0987. The second kappa shape index (κ2) is 14.6. The highest BCUT2D eigenvalue weighted by atomic mass is 31.2. The molecule has 0 aromatic heterocycles. The molecule has 5 heteroatoms. The molecule has 0 saturated heterocycles. The van der Waals surface area contributed by atoms with Crippen LogP contribution >= 0.6 is 7.82 Å². The first-order valence-corrected chi connectivity index (χ1v) is 17.5. The topological polar surface area (TPSA) is 44.8 Å². The lowest BCUT2D eigenvalue weighted by molar-refractivity contribution is 0.296. The molecule has 0 amide bonds. The number of hydrogen-bond acceptors (Lipinski definition) is 4. The molecule has 0 spiro atoms. The maximum atomic E-state index is 14.9. The average Bonchev–Trinajstić information content (AvgIpc) is 3.12. The van der Waals surface area contributed by atoms with E-state index in [0.29, 0.717) is 17.2 Å². The van der Waals surface area contributed by atoms with Gasteiger partial charge in [-0.05, 0) is 46.5 Å². The van der Waals surface area contributed by atoms with Gasteiger partial charge in [-0.25, -0.2) is 0 Å². The predicted molar refractivity (Wildman–Crippen MR) is 191 cm³/mol. The summed E-state index contributed by atoms with van der Waals surface area (Å²) in [6.45, 7) is 6.54. The number of rotatable bonds is 12. The molecule has 4 nitrogen and oxygen atoms in total. The highest BCUT2D eigenvalue weighted by molar-refractivity contribution is 7.49. The largest absolute Gasteiger partial charge is 0.647 e. The Morgan fingerprint density at radius 1 is 0.404 bits per heavy atom. The smallest absolute Gasteiger partial charge is 0.386 e. The van der Waals surface area contributed by atoms with Crippen LogP contribution in [-0.2, 0) is 4.57 Å². The summed E-state index contributed by atoms with van der Waals surface area (Å²) in [4.78, 5) is 0. The van der Waals surface area contributed by atoms with Crippen molar-refractivity contribution in [2.75, 3.05) is 0 Å². The third-order valence-corrected chi connectivity index (χ3v) is 9.90. The molecule has 0 N–H and O–H groups in total. The average molecular weight is 639 g/mol. The summed E-state index contributed by atoms with van der Waals surface area (Å²) in [6.07, 6.45) is 0. The summed E-state index contributed by atoms with van der Waals surface area (Å²) < 4.78 is 33.9. The Kier molecular flexibility index (Phi) is 9.90. The van der Waals surface area contributed by atoms with Crippen LogP contribution in [0, 0.1) is 0 Å². The lowest BCUT2D eigenvalue weighted by Crippen LogP contribution is -2.13. The van der Waals surface area contributed by atoms with Crippen molar-refractivity contribution in [1.82, 2.24) is 0 Å². The predicted octanol–water partition coefficient (Wildman–Crippen LogP) is 11.8. The molecule has 3 atom stereocenters. The van der Waals surface area contributed by atoms with Crippen LogP contribution in [0.15, 0.2) is 164 Å². The first-order chi connectivity index (χ1) is 22.9. The highest BCUT2D eigenvalue weighted by Crippen LogP contribution is 2.54. The molecule has 0 radical (unpaired) electrons. The summed E-state index contributed by atoms with van der Waals surface area (Å²) in [5, 5.41) is 0. The Labute approximate surface area is 278 Å². The second-order valence-electron chi connectivity index (χ2n) is 11.8. The Morgan fingerprint density at radius 3 is 1.09 bits per heavy atom. The Morgan fingerprint density at radius 2 is 0.723 bits per heavy atom. The number of hydrogen-bond donors (Lipinski definition) is 0. The fraction of sp³-hybridized carbons (Fsp3) is 0.143. The van der Waals surface area contributed by atoms with E-state index in [4.69, 9.17) is 13.6 Å². The zero-order valence-electron chi connectivity index (χ0n) is 26.9. The van der Waals surface area contributed by atoms with Gasteiger partial charge in [0.1, 0.15) is 17.2 Å². The molecular formula is C42H39O4P. The maximum absolute atomic E-state index is 14.9. The van der Waals surface area contributed by atoms with Crippen molar-refractivity contribution in [2.24, 2.45) is 0 Å². The molecule has 6 aromatic rings. The molecule has 236 valence electrons. The summed E-state index contributed by atoms with van der Waals surface area (Å²) in [6, 6.07) is 53.6.